The molecule has 0 radical (unpaired) electrons. The number of hydrogen-bond acceptors (Lipinski definition) is 4. The Morgan fingerprint density at radius 2 is 2.36 bits per heavy atom. The van der Waals surface area contributed by atoms with Crippen molar-refractivity contribution >= 4 is 0 Å². The van der Waals surface area contributed by atoms with Crippen molar-refractivity contribution in [2.24, 2.45) is 7.05 Å². The van der Waals surface area contributed by atoms with Gasteiger partial charge in [0.15, 0.2) is 0 Å². The van der Waals surface area contributed by atoms with Gasteiger partial charge in [-0.3, -0.25) is 4.68 Å². The zero-order valence-corrected chi connectivity index (χ0v) is 8.99. The van der Waals surface area contributed by atoms with Gasteiger partial charge in [-0.15, -0.1) is 5.10 Å². The van der Waals surface area contributed by atoms with Crippen LogP contribution in [-0.2, 0) is 13.6 Å². The molecule has 0 saturated heterocycles. The van der Waals surface area contributed by atoms with Crippen LogP contribution < -0.4 is 5.32 Å². The first kappa shape index (κ1) is 11.1. The van der Waals surface area contributed by atoms with E-state index in [2.05, 4.69) is 15.6 Å². The fourth-order valence-electron chi connectivity index (χ4n) is 1.07. The molecule has 1 aromatic heterocycles. The Morgan fingerprint density at radius 3 is 2.79 bits per heavy atom. The van der Waals surface area contributed by atoms with Crippen LogP contribution in [0.25, 0.3) is 0 Å². The molecule has 0 bridgehead atoms. The van der Waals surface area contributed by atoms with Gasteiger partial charge in [0.1, 0.15) is 0 Å². The highest BCUT2D eigenvalue weighted by molar-refractivity contribution is 4.93. The minimum atomic E-state index is -0.225. The van der Waals surface area contributed by atoms with Crippen molar-refractivity contribution in [2.75, 3.05) is 6.61 Å². The van der Waals surface area contributed by atoms with E-state index in [4.69, 9.17) is 5.11 Å². The molecule has 0 saturated carbocycles. The summed E-state index contributed by atoms with van der Waals surface area (Å²) in [6.45, 7) is 4.80. The lowest BCUT2D eigenvalue weighted by Crippen LogP contribution is -2.44. The smallest absolute Gasteiger partial charge is 0.0964 e. The molecule has 0 spiro atoms. The fraction of sp³-hybridized carbons (Fsp3) is 0.778. The molecule has 0 aliphatic rings. The van der Waals surface area contributed by atoms with Crippen LogP contribution in [0.1, 0.15) is 26.0 Å². The summed E-state index contributed by atoms with van der Waals surface area (Å²) in [6.07, 6.45) is 2.74. The van der Waals surface area contributed by atoms with Crippen molar-refractivity contribution < 1.29 is 5.11 Å². The van der Waals surface area contributed by atoms with Crippen molar-refractivity contribution in [2.45, 2.75) is 32.4 Å². The van der Waals surface area contributed by atoms with E-state index in [1.165, 1.54) is 0 Å². The molecule has 1 atom stereocenters. The molecule has 1 aromatic rings. The van der Waals surface area contributed by atoms with Crippen LogP contribution in [-0.4, -0.2) is 32.2 Å². The largest absolute Gasteiger partial charge is 0.394 e. The number of aliphatic hydroxyl groups excluding tert-OH is 1. The average Bonchev–Trinajstić information content (AvgIpc) is 2.61. The van der Waals surface area contributed by atoms with Gasteiger partial charge in [-0.1, -0.05) is 12.1 Å². The highest BCUT2D eigenvalue weighted by Crippen LogP contribution is 2.08. The Hall–Kier alpha value is -0.940. The average molecular weight is 198 g/mol. The van der Waals surface area contributed by atoms with Gasteiger partial charge in [0.25, 0.3) is 0 Å². The van der Waals surface area contributed by atoms with Gasteiger partial charge < -0.3 is 10.4 Å². The van der Waals surface area contributed by atoms with Gasteiger partial charge in [0, 0.05) is 25.3 Å². The number of aromatic nitrogens is 3. The summed E-state index contributed by atoms with van der Waals surface area (Å²) in [4.78, 5) is 0. The van der Waals surface area contributed by atoms with E-state index >= 15 is 0 Å². The molecule has 0 amide bonds. The number of aliphatic hydroxyl groups is 1. The quantitative estimate of drug-likeness (QED) is 0.702. The molecular weight excluding hydrogens is 180 g/mol. The highest BCUT2D eigenvalue weighted by Gasteiger charge is 2.19. The SMILES string of the molecule is CCC(C)(CO)NCc1cn(C)nn1. The predicted molar refractivity (Wildman–Crippen MR) is 53.6 cm³/mol. The lowest BCUT2D eigenvalue weighted by atomic mass is 10.0. The zero-order chi connectivity index (χ0) is 10.6. The van der Waals surface area contributed by atoms with Crippen LogP contribution in [0, 0.1) is 0 Å². The molecule has 1 rings (SSSR count). The first-order valence-electron chi connectivity index (χ1n) is 4.81. The molecule has 0 aromatic carbocycles. The van der Waals surface area contributed by atoms with Crippen molar-refractivity contribution in [3.8, 4) is 0 Å². The van der Waals surface area contributed by atoms with E-state index in [9.17, 15) is 0 Å². The number of nitrogens with zero attached hydrogens (tertiary/aromatic N) is 3. The summed E-state index contributed by atoms with van der Waals surface area (Å²) in [5.41, 5.74) is 0.665. The van der Waals surface area contributed by atoms with E-state index in [1.807, 2.05) is 27.1 Å². The van der Waals surface area contributed by atoms with E-state index in [1.54, 1.807) is 4.68 Å². The van der Waals surface area contributed by atoms with Crippen LogP contribution in [0.5, 0.6) is 0 Å². The second kappa shape index (κ2) is 4.52. The summed E-state index contributed by atoms with van der Waals surface area (Å²) in [6, 6.07) is 0. The third-order valence-electron chi connectivity index (χ3n) is 2.48. The molecule has 0 fully saturated rings. The first-order chi connectivity index (χ1) is 6.59. The monoisotopic (exact) mass is 198 g/mol. The van der Waals surface area contributed by atoms with Gasteiger partial charge in [-0.05, 0) is 13.3 Å². The molecule has 0 aliphatic carbocycles. The second-order valence-electron chi connectivity index (χ2n) is 3.81. The van der Waals surface area contributed by atoms with E-state index in [0.717, 1.165) is 12.1 Å². The third-order valence-corrected chi connectivity index (χ3v) is 2.48. The van der Waals surface area contributed by atoms with Crippen molar-refractivity contribution in [3.05, 3.63) is 11.9 Å². The Kier molecular flexibility index (Phi) is 3.60. The van der Waals surface area contributed by atoms with Crippen molar-refractivity contribution in [3.63, 3.8) is 0 Å². The standard InChI is InChI=1S/C9H18N4O/c1-4-9(2,7-14)10-5-8-6-13(3)12-11-8/h6,10,14H,4-5,7H2,1-3H3. The Labute approximate surface area is 84.1 Å². The first-order valence-corrected chi connectivity index (χ1v) is 4.81. The molecule has 1 unspecified atom stereocenters. The molecule has 80 valence electrons. The zero-order valence-electron chi connectivity index (χ0n) is 8.99. The lowest BCUT2D eigenvalue weighted by Gasteiger charge is -2.26. The predicted octanol–water partition coefficient (Wildman–Crippen LogP) is 0.0657. The molecule has 5 nitrogen and oxygen atoms in total. The number of aryl methyl sites for hydroxylation is 1. The van der Waals surface area contributed by atoms with Gasteiger partial charge in [-0.2, -0.15) is 0 Å². The third kappa shape index (κ3) is 2.78. The maximum absolute atomic E-state index is 9.16. The fourth-order valence-corrected chi connectivity index (χ4v) is 1.07. The Morgan fingerprint density at radius 1 is 1.64 bits per heavy atom. The lowest BCUT2D eigenvalue weighted by molar-refractivity contribution is 0.168. The number of nitrogens with one attached hydrogen (secondary N) is 1. The van der Waals surface area contributed by atoms with Gasteiger partial charge in [-0.25, -0.2) is 0 Å². The molecular formula is C9H18N4O. The van der Waals surface area contributed by atoms with Crippen LogP contribution in [0.15, 0.2) is 6.20 Å². The second-order valence-corrected chi connectivity index (χ2v) is 3.81. The van der Waals surface area contributed by atoms with Crippen molar-refractivity contribution in [1.82, 2.24) is 20.3 Å². The molecule has 14 heavy (non-hydrogen) atoms. The molecule has 5 heteroatoms. The maximum Gasteiger partial charge on any atom is 0.0964 e. The van der Waals surface area contributed by atoms with Gasteiger partial charge in [0.2, 0.25) is 0 Å². The normalized spacial score (nSPS) is 15.4. The summed E-state index contributed by atoms with van der Waals surface area (Å²) in [5.74, 6) is 0. The number of rotatable bonds is 5. The topological polar surface area (TPSA) is 63.0 Å². The van der Waals surface area contributed by atoms with Crippen LogP contribution in [0.2, 0.25) is 0 Å². The Bertz CT molecular complexity index is 280. The van der Waals surface area contributed by atoms with E-state index in [-0.39, 0.29) is 12.1 Å². The van der Waals surface area contributed by atoms with Crippen LogP contribution >= 0.6 is 0 Å². The molecule has 0 aliphatic heterocycles. The summed E-state index contributed by atoms with van der Waals surface area (Å²) < 4.78 is 1.67. The van der Waals surface area contributed by atoms with E-state index < -0.39 is 0 Å². The van der Waals surface area contributed by atoms with Gasteiger partial charge in [0.05, 0.1) is 12.3 Å². The number of hydrogen-bond donors (Lipinski definition) is 2. The van der Waals surface area contributed by atoms with E-state index in [0.29, 0.717) is 6.54 Å². The van der Waals surface area contributed by atoms with Crippen LogP contribution in [0.3, 0.4) is 0 Å². The van der Waals surface area contributed by atoms with Crippen molar-refractivity contribution in [1.29, 1.82) is 0 Å². The molecule has 2 N–H and O–H groups in total. The van der Waals surface area contributed by atoms with Crippen LogP contribution in [0.4, 0.5) is 0 Å². The van der Waals surface area contributed by atoms with Gasteiger partial charge >= 0.3 is 0 Å². The minimum Gasteiger partial charge on any atom is -0.394 e. The molecule has 1 heterocycles. The summed E-state index contributed by atoms with van der Waals surface area (Å²) >= 11 is 0. The Balaban J connectivity index is 2.47. The maximum atomic E-state index is 9.16. The minimum absolute atomic E-state index is 0.129. The highest BCUT2D eigenvalue weighted by atomic mass is 16.3. The summed E-state index contributed by atoms with van der Waals surface area (Å²) in [7, 11) is 1.83. The summed E-state index contributed by atoms with van der Waals surface area (Å²) in [5, 5.41) is 20.2.